The summed E-state index contributed by atoms with van der Waals surface area (Å²) in [4.78, 5) is 13.5. The monoisotopic (exact) mass is 286 g/mol. The lowest BCUT2D eigenvalue weighted by atomic mass is 9.98. The highest BCUT2D eigenvalue weighted by Crippen LogP contribution is 2.31. The Bertz CT molecular complexity index is 574. The topological polar surface area (TPSA) is 41.1 Å². The summed E-state index contributed by atoms with van der Waals surface area (Å²) < 4.78 is 0. The van der Waals surface area contributed by atoms with Crippen molar-refractivity contribution in [3.05, 3.63) is 41.8 Å². The Labute approximate surface area is 123 Å². The molecule has 0 aliphatic carbocycles. The van der Waals surface area contributed by atoms with Crippen molar-refractivity contribution < 1.29 is 4.79 Å². The molecule has 1 atom stereocenters. The first-order valence-corrected chi connectivity index (χ1v) is 7.87. The molecule has 1 aromatic carbocycles. The molecular weight excluding hydrogens is 268 g/mol. The predicted octanol–water partition coefficient (Wildman–Crippen LogP) is 3.35. The second-order valence-corrected chi connectivity index (χ2v) is 6.00. The first kappa shape index (κ1) is 13.3. The summed E-state index contributed by atoms with van der Waals surface area (Å²) in [6.07, 6.45) is 2.05. The van der Waals surface area contributed by atoms with Crippen molar-refractivity contribution in [2.45, 2.75) is 12.8 Å². The van der Waals surface area contributed by atoms with Crippen LogP contribution in [-0.4, -0.2) is 19.0 Å². The molecule has 0 spiro atoms. The van der Waals surface area contributed by atoms with Crippen LogP contribution < -0.4 is 10.6 Å². The van der Waals surface area contributed by atoms with Gasteiger partial charge < -0.3 is 10.6 Å². The zero-order valence-electron chi connectivity index (χ0n) is 11.3. The van der Waals surface area contributed by atoms with Crippen LogP contribution in [0.1, 0.15) is 12.8 Å². The van der Waals surface area contributed by atoms with Crippen LogP contribution >= 0.6 is 11.3 Å². The number of benzene rings is 1. The predicted molar refractivity (Wildman–Crippen MR) is 84.0 cm³/mol. The molecule has 104 valence electrons. The highest BCUT2D eigenvalue weighted by atomic mass is 32.1. The molecular formula is C16H18N2OS. The zero-order valence-corrected chi connectivity index (χ0v) is 12.1. The van der Waals surface area contributed by atoms with Crippen LogP contribution in [-0.2, 0) is 4.79 Å². The molecule has 20 heavy (non-hydrogen) atoms. The molecule has 1 fully saturated rings. The van der Waals surface area contributed by atoms with Gasteiger partial charge in [0.25, 0.3) is 0 Å². The van der Waals surface area contributed by atoms with E-state index in [1.54, 1.807) is 11.3 Å². The summed E-state index contributed by atoms with van der Waals surface area (Å²) >= 11 is 1.69. The maximum Gasteiger partial charge on any atom is 0.228 e. The molecule has 1 amide bonds. The third-order valence-corrected chi connectivity index (χ3v) is 4.54. The van der Waals surface area contributed by atoms with Gasteiger partial charge in [0.05, 0.1) is 5.92 Å². The second-order valence-electron chi connectivity index (χ2n) is 5.06. The Balaban J connectivity index is 1.79. The Hall–Kier alpha value is -1.65. The number of carbonyl (C=O) groups excluding carboxylic acids is 1. The summed E-state index contributed by atoms with van der Waals surface area (Å²) in [6, 6.07) is 12.1. The third-order valence-electron chi connectivity index (χ3n) is 3.64. The lowest BCUT2D eigenvalue weighted by Crippen LogP contribution is -2.37. The van der Waals surface area contributed by atoms with Gasteiger partial charge in [-0.15, -0.1) is 11.3 Å². The minimum Gasteiger partial charge on any atom is -0.325 e. The molecule has 1 aliphatic heterocycles. The van der Waals surface area contributed by atoms with Crippen LogP contribution in [0.4, 0.5) is 5.69 Å². The number of para-hydroxylation sites is 1. The molecule has 3 rings (SSSR count). The standard InChI is InChI=1S/C16H18N2OS/c19-16(12-5-3-9-17-11-12)18-14-7-2-1-6-13(14)15-8-4-10-20-15/h1-2,4,6-8,10,12,17H,3,5,9,11H2,(H,18,19). The fourth-order valence-electron chi connectivity index (χ4n) is 2.55. The number of anilines is 1. The highest BCUT2D eigenvalue weighted by molar-refractivity contribution is 7.13. The minimum absolute atomic E-state index is 0.0835. The van der Waals surface area contributed by atoms with Gasteiger partial charge in [-0.3, -0.25) is 4.79 Å². The van der Waals surface area contributed by atoms with E-state index in [9.17, 15) is 4.79 Å². The van der Waals surface area contributed by atoms with Crippen molar-refractivity contribution in [2.24, 2.45) is 5.92 Å². The molecule has 0 bridgehead atoms. The highest BCUT2D eigenvalue weighted by Gasteiger charge is 2.21. The van der Waals surface area contributed by atoms with Gasteiger partial charge in [-0.2, -0.15) is 0 Å². The van der Waals surface area contributed by atoms with E-state index in [0.717, 1.165) is 37.2 Å². The number of amides is 1. The van der Waals surface area contributed by atoms with Crippen LogP contribution in [0.2, 0.25) is 0 Å². The van der Waals surface area contributed by atoms with Crippen LogP contribution in [0, 0.1) is 5.92 Å². The van der Waals surface area contributed by atoms with E-state index < -0.39 is 0 Å². The first-order chi connectivity index (χ1) is 9.84. The van der Waals surface area contributed by atoms with Gasteiger partial charge >= 0.3 is 0 Å². The van der Waals surface area contributed by atoms with E-state index in [1.165, 1.54) is 4.88 Å². The number of thiophene rings is 1. The molecule has 3 nitrogen and oxygen atoms in total. The zero-order chi connectivity index (χ0) is 13.8. The van der Waals surface area contributed by atoms with Crippen LogP contribution in [0.15, 0.2) is 41.8 Å². The van der Waals surface area contributed by atoms with Crippen molar-refractivity contribution >= 4 is 22.9 Å². The lowest BCUT2D eigenvalue weighted by molar-refractivity contribution is -0.120. The van der Waals surface area contributed by atoms with Crippen molar-refractivity contribution in [3.63, 3.8) is 0 Å². The normalized spacial score (nSPS) is 18.7. The Morgan fingerprint density at radius 3 is 2.90 bits per heavy atom. The van der Waals surface area contributed by atoms with Gasteiger partial charge in [0.1, 0.15) is 0 Å². The van der Waals surface area contributed by atoms with Crippen molar-refractivity contribution in [1.82, 2.24) is 5.32 Å². The maximum absolute atomic E-state index is 12.3. The summed E-state index contributed by atoms with van der Waals surface area (Å²) in [5.41, 5.74) is 2.00. The van der Waals surface area contributed by atoms with Gasteiger partial charge in [0, 0.05) is 22.7 Å². The third kappa shape index (κ3) is 2.92. The summed E-state index contributed by atoms with van der Waals surface area (Å²) in [7, 11) is 0. The van der Waals surface area contributed by atoms with E-state index in [-0.39, 0.29) is 11.8 Å². The number of nitrogens with one attached hydrogen (secondary N) is 2. The molecule has 1 aromatic heterocycles. The number of carbonyl (C=O) groups is 1. The Morgan fingerprint density at radius 1 is 1.25 bits per heavy atom. The van der Waals surface area contributed by atoms with Crippen molar-refractivity contribution in [2.75, 3.05) is 18.4 Å². The molecule has 1 aliphatic rings. The van der Waals surface area contributed by atoms with Gasteiger partial charge in [-0.05, 0) is 36.9 Å². The molecule has 2 aromatic rings. The van der Waals surface area contributed by atoms with Gasteiger partial charge in [-0.1, -0.05) is 24.3 Å². The van der Waals surface area contributed by atoms with Crippen molar-refractivity contribution in [1.29, 1.82) is 0 Å². The average molecular weight is 286 g/mol. The molecule has 2 N–H and O–H groups in total. The Morgan fingerprint density at radius 2 is 2.15 bits per heavy atom. The van der Waals surface area contributed by atoms with Gasteiger partial charge in [-0.25, -0.2) is 0 Å². The van der Waals surface area contributed by atoms with E-state index >= 15 is 0 Å². The molecule has 1 saturated heterocycles. The fraction of sp³-hybridized carbons (Fsp3) is 0.312. The van der Waals surface area contributed by atoms with E-state index in [4.69, 9.17) is 0 Å². The van der Waals surface area contributed by atoms with Crippen LogP contribution in [0.3, 0.4) is 0 Å². The minimum atomic E-state index is 0.0835. The fourth-order valence-corrected chi connectivity index (χ4v) is 3.32. The quantitative estimate of drug-likeness (QED) is 0.908. The van der Waals surface area contributed by atoms with E-state index in [0.29, 0.717) is 0 Å². The lowest BCUT2D eigenvalue weighted by Gasteiger charge is -2.22. The summed E-state index contributed by atoms with van der Waals surface area (Å²) in [5, 5.41) is 8.44. The van der Waals surface area contributed by atoms with Crippen molar-refractivity contribution in [3.8, 4) is 10.4 Å². The molecule has 0 saturated carbocycles. The number of hydrogen-bond donors (Lipinski definition) is 2. The largest absolute Gasteiger partial charge is 0.325 e. The number of piperidine rings is 1. The second kappa shape index (κ2) is 6.20. The summed E-state index contributed by atoms with van der Waals surface area (Å²) in [5.74, 6) is 0.210. The SMILES string of the molecule is O=C(Nc1ccccc1-c1cccs1)C1CCCNC1. The van der Waals surface area contributed by atoms with Crippen LogP contribution in [0.25, 0.3) is 10.4 Å². The maximum atomic E-state index is 12.3. The Kier molecular flexibility index (Phi) is 4.14. The first-order valence-electron chi connectivity index (χ1n) is 6.99. The van der Waals surface area contributed by atoms with Gasteiger partial charge in [0.2, 0.25) is 5.91 Å². The van der Waals surface area contributed by atoms with Crippen LogP contribution in [0.5, 0.6) is 0 Å². The molecule has 2 heterocycles. The van der Waals surface area contributed by atoms with Gasteiger partial charge in [0.15, 0.2) is 0 Å². The smallest absolute Gasteiger partial charge is 0.228 e. The molecule has 1 unspecified atom stereocenters. The molecule has 0 radical (unpaired) electrons. The number of rotatable bonds is 3. The van der Waals surface area contributed by atoms with E-state index in [2.05, 4.69) is 28.1 Å². The summed E-state index contributed by atoms with van der Waals surface area (Å²) in [6.45, 7) is 1.81. The average Bonchev–Trinajstić information content (AvgIpc) is 3.03. The number of hydrogen-bond acceptors (Lipinski definition) is 3. The van der Waals surface area contributed by atoms with E-state index in [1.807, 2.05) is 24.3 Å². The molecule has 4 heteroatoms.